The Kier molecular flexibility index (Phi) is 3.80. The van der Waals surface area contributed by atoms with Crippen LogP contribution in [0.5, 0.6) is 0 Å². The predicted octanol–water partition coefficient (Wildman–Crippen LogP) is 3.65. The minimum Gasteiger partial charge on any atom is -0.383 e. The molecule has 0 saturated carbocycles. The zero-order valence-corrected chi connectivity index (χ0v) is 14.7. The van der Waals surface area contributed by atoms with Gasteiger partial charge in [0.05, 0.1) is 16.1 Å². The lowest BCUT2D eigenvalue weighted by Crippen LogP contribution is -2.04. The van der Waals surface area contributed by atoms with Gasteiger partial charge in [0.1, 0.15) is 23.5 Å². The lowest BCUT2D eigenvalue weighted by atomic mass is 10.1. The van der Waals surface area contributed by atoms with Crippen LogP contribution in [0.25, 0.3) is 33.5 Å². The molecule has 0 aliphatic rings. The highest BCUT2D eigenvalue weighted by molar-refractivity contribution is 6.38. The first-order valence-corrected chi connectivity index (χ1v) is 8.53. The van der Waals surface area contributed by atoms with Gasteiger partial charge in [-0.1, -0.05) is 25.4 Å². The first-order chi connectivity index (χ1) is 12.1. The molecule has 4 rings (SSSR count). The van der Waals surface area contributed by atoms with E-state index in [2.05, 4.69) is 33.8 Å². The van der Waals surface area contributed by atoms with Crippen LogP contribution in [0.1, 0.15) is 20.3 Å². The predicted molar refractivity (Wildman–Crippen MR) is 99.3 cm³/mol. The van der Waals surface area contributed by atoms with Crippen molar-refractivity contribution in [3.8, 4) is 11.4 Å². The number of nitrogens with one attached hydrogen (secondary N) is 1. The van der Waals surface area contributed by atoms with Crippen LogP contribution in [0, 0.1) is 5.92 Å². The second-order valence-corrected chi connectivity index (χ2v) is 6.80. The highest BCUT2D eigenvalue weighted by Crippen LogP contribution is 2.37. The average Bonchev–Trinajstić information content (AvgIpc) is 3.12. The number of aromatic amines is 1. The zero-order valence-electron chi connectivity index (χ0n) is 14.0. The third-order valence-corrected chi connectivity index (χ3v) is 4.61. The molecule has 0 saturated heterocycles. The number of fused-ring (bicyclic) bond motifs is 2. The molecule has 4 heterocycles. The summed E-state index contributed by atoms with van der Waals surface area (Å²) < 4.78 is 1.87. The number of aromatic nitrogens is 6. The molecule has 3 N–H and O–H groups in total. The van der Waals surface area contributed by atoms with Crippen molar-refractivity contribution in [3.63, 3.8) is 0 Å². The number of anilines is 1. The van der Waals surface area contributed by atoms with Gasteiger partial charge >= 0.3 is 0 Å². The SMILES string of the molecule is CC(C)CCn1nc(-c2[nH]c3ncccc3c2Cl)c2c(N)ncnc21. The lowest BCUT2D eigenvalue weighted by Gasteiger charge is -2.05. The molecule has 0 atom stereocenters. The highest BCUT2D eigenvalue weighted by atomic mass is 35.5. The molecule has 8 heteroatoms. The molecule has 0 aliphatic carbocycles. The normalized spacial score (nSPS) is 11.8. The van der Waals surface area contributed by atoms with Crippen molar-refractivity contribution in [3.05, 3.63) is 29.7 Å². The molecule has 4 aromatic rings. The molecule has 0 radical (unpaired) electrons. The van der Waals surface area contributed by atoms with Crippen LogP contribution in [-0.2, 0) is 6.54 Å². The van der Waals surface area contributed by atoms with Gasteiger partial charge in [-0.05, 0) is 24.5 Å². The fraction of sp³-hybridized carbons (Fsp3) is 0.294. The molecule has 0 bridgehead atoms. The van der Waals surface area contributed by atoms with Crippen LogP contribution >= 0.6 is 11.6 Å². The first kappa shape index (κ1) is 15.8. The van der Waals surface area contributed by atoms with Gasteiger partial charge in [-0.25, -0.2) is 19.6 Å². The van der Waals surface area contributed by atoms with Gasteiger partial charge in [-0.2, -0.15) is 5.10 Å². The summed E-state index contributed by atoms with van der Waals surface area (Å²) >= 11 is 6.58. The smallest absolute Gasteiger partial charge is 0.164 e. The minimum absolute atomic E-state index is 0.387. The third-order valence-electron chi connectivity index (χ3n) is 4.22. The van der Waals surface area contributed by atoms with Crippen LogP contribution in [0.4, 0.5) is 5.82 Å². The number of hydrogen-bond acceptors (Lipinski definition) is 5. The quantitative estimate of drug-likeness (QED) is 0.582. The van der Waals surface area contributed by atoms with E-state index in [1.807, 2.05) is 16.8 Å². The Labute approximate surface area is 149 Å². The third kappa shape index (κ3) is 2.60. The Morgan fingerprint density at radius 1 is 1.28 bits per heavy atom. The number of pyridine rings is 1. The van der Waals surface area contributed by atoms with Crippen molar-refractivity contribution in [1.29, 1.82) is 0 Å². The molecule has 7 nitrogen and oxygen atoms in total. The topological polar surface area (TPSA) is 98.3 Å². The molecule has 0 amide bonds. The monoisotopic (exact) mass is 355 g/mol. The summed E-state index contributed by atoms with van der Waals surface area (Å²) in [4.78, 5) is 16.1. The van der Waals surface area contributed by atoms with Gasteiger partial charge in [0, 0.05) is 18.1 Å². The highest BCUT2D eigenvalue weighted by Gasteiger charge is 2.21. The van der Waals surface area contributed by atoms with Gasteiger partial charge in [-0.15, -0.1) is 0 Å². The van der Waals surface area contributed by atoms with Crippen molar-refractivity contribution in [1.82, 2.24) is 29.7 Å². The van der Waals surface area contributed by atoms with E-state index in [4.69, 9.17) is 22.4 Å². The van der Waals surface area contributed by atoms with Crippen molar-refractivity contribution >= 4 is 39.5 Å². The van der Waals surface area contributed by atoms with Crippen molar-refractivity contribution < 1.29 is 0 Å². The molecule has 0 aromatic carbocycles. The maximum atomic E-state index is 6.58. The minimum atomic E-state index is 0.387. The second-order valence-electron chi connectivity index (χ2n) is 6.43. The van der Waals surface area contributed by atoms with Crippen LogP contribution in [0.15, 0.2) is 24.7 Å². The van der Waals surface area contributed by atoms with Crippen molar-refractivity contribution in [2.75, 3.05) is 5.73 Å². The molecule has 25 heavy (non-hydrogen) atoms. The number of halogens is 1. The van der Waals surface area contributed by atoms with E-state index in [1.165, 1.54) is 6.33 Å². The van der Waals surface area contributed by atoms with E-state index in [-0.39, 0.29) is 0 Å². The summed E-state index contributed by atoms with van der Waals surface area (Å²) in [6.07, 6.45) is 4.17. The Hall–Kier alpha value is -2.67. The van der Waals surface area contributed by atoms with Crippen LogP contribution in [0.2, 0.25) is 5.02 Å². The van der Waals surface area contributed by atoms with Gasteiger partial charge < -0.3 is 10.7 Å². The van der Waals surface area contributed by atoms with E-state index >= 15 is 0 Å². The molecule has 128 valence electrons. The van der Waals surface area contributed by atoms with Crippen molar-refractivity contribution in [2.45, 2.75) is 26.8 Å². The maximum Gasteiger partial charge on any atom is 0.164 e. The number of nitrogens with two attached hydrogens (primary N) is 1. The van der Waals surface area contributed by atoms with Crippen LogP contribution in [-0.4, -0.2) is 29.7 Å². The van der Waals surface area contributed by atoms with E-state index in [1.54, 1.807) is 6.20 Å². The maximum absolute atomic E-state index is 6.58. The van der Waals surface area contributed by atoms with Gasteiger partial charge in [-0.3, -0.25) is 0 Å². The summed E-state index contributed by atoms with van der Waals surface area (Å²) in [6, 6.07) is 3.77. The Bertz CT molecular complexity index is 1060. The van der Waals surface area contributed by atoms with Gasteiger partial charge in [0.15, 0.2) is 5.65 Å². The molecule has 0 fully saturated rings. The lowest BCUT2D eigenvalue weighted by molar-refractivity contribution is 0.495. The van der Waals surface area contributed by atoms with E-state index in [0.717, 1.165) is 18.4 Å². The molecule has 0 spiro atoms. The van der Waals surface area contributed by atoms with Crippen LogP contribution < -0.4 is 5.73 Å². The van der Waals surface area contributed by atoms with Gasteiger partial charge in [0.2, 0.25) is 0 Å². The number of aryl methyl sites for hydroxylation is 1. The zero-order chi connectivity index (χ0) is 17.6. The fourth-order valence-corrected chi connectivity index (χ4v) is 3.18. The number of nitrogens with zero attached hydrogens (tertiary/aromatic N) is 5. The first-order valence-electron chi connectivity index (χ1n) is 8.15. The molecular formula is C17H18ClN7. The second kappa shape index (κ2) is 6.00. The van der Waals surface area contributed by atoms with E-state index < -0.39 is 0 Å². The van der Waals surface area contributed by atoms with Gasteiger partial charge in [0.25, 0.3) is 0 Å². The van der Waals surface area contributed by atoms with Crippen LogP contribution in [0.3, 0.4) is 0 Å². The largest absolute Gasteiger partial charge is 0.383 e. The molecule has 0 aliphatic heterocycles. The summed E-state index contributed by atoms with van der Waals surface area (Å²) in [5.74, 6) is 0.946. The number of nitrogen functional groups attached to an aromatic ring is 1. The van der Waals surface area contributed by atoms with Crippen molar-refractivity contribution in [2.24, 2.45) is 5.92 Å². The number of rotatable bonds is 4. The van der Waals surface area contributed by atoms with E-state index in [9.17, 15) is 0 Å². The summed E-state index contributed by atoms with van der Waals surface area (Å²) in [5.41, 5.74) is 8.89. The fourth-order valence-electron chi connectivity index (χ4n) is 2.89. The average molecular weight is 356 g/mol. The number of H-pyrrole nitrogens is 1. The summed E-state index contributed by atoms with van der Waals surface area (Å²) in [5, 5.41) is 6.87. The summed E-state index contributed by atoms with van der Waals surface area (Å²) in [7, 11) is 0. The molecular weight excluding hydrogens is 338 g/mol. The standard InChI is InChI=1S/C17H18ClN7/c1-9(2)5-7-25-17-11(15(19)21-8-22-17)13(24-25)14-12(18)10-4-3-6-20-16(10)23-14/h3-4,6,8-9H,5,7H2,1-2H3,(H,20,23)(H2,19,21,22). The Morgan fingerprint density at radius 3 is 2.88 bits per heavy atom. The Morgan fingerprint density at radius 2 is 2.12 bits per heavy atom. The van der Waals surface area contributed by atoms with E-state index in [0.29, 0.717) is 44.8 Å². The summed E-state index contributed by atoms with van der Waals surface area (Å²) in [6.45, 7) is 5.10. The number of hydrogen-bond donors (Lipinski definition) is 2. The Balaban J connectivity index is 1.95. The molecule has 0 unspecified atom stereocenters. The molecule has 4 aromatic heterocycles.